The molecular formula is C11H14Cl2N2O2S2. The van der Waals surface area contributed by atoms with E-state index in [1.54, 1.807) is 24.6 Å². The van der Waals surface area contributed by atoms with Crippen LogP contribution in [0.2, 0.25) is 5.02 Å². The molecule has 0 fully saturated rings. The van der Waals surface area contributed by atoms with Crippen molar-refractivity contribution in [2.75, 3.05) is 20.1 Å². The number of likely N-dealkylation sites (N-methyl/N-ethyl adjacent to an activating group) is 1. The van der Waals surface area contributed by atoms with E-state index in [-0.39, 0.29) is 12.4 Å². The number of benzene rings is 1. The molecule has 1 heterocycles. The SMILES string of the molecule is CNCCNS(=O)(=O)c1csc2ccc(Cl)cc12.Cl. The second-order valence-electron chi connectivity index (χ2n) is 3.74. The standard InChI is InChI=1S/C11H13ClN2O2S2.ClH/c1-13-4-5-14-18(15,16)11-7-17-10-3-2-8(12)6-9(10)11;/h2-3,6-7,13-14H,4-5H2,1H3;1H. The highest BCUT2D eigenvalue weighted by Crippen LogP contribution is 2.31. The van der Waals surface area contributed by atoms with Crippen molar-refractivity contribution in [2.45, 2.75) is 4.90 Å². The van der Waals surface area contributed by atoms with Crippen LogP contribution in [0.5, 0.6) is 0 Å². The molecule has 0 spiro atoms. The zero-order chi connectivity index (χ0) is 13.2. The van der Waals surface area contributed by atoms with Gasteiger partial charge in [-0.1, -0.05) is 11.6 Å². The fourth-order valence-corrected chi connectivity index (χ4v) is 4.25. The van der Waals surface area contributed by atoms with Crippen LogP contribution >= 0.6 is 35.3 Å². The monoisotopic (exact) mass is 340 g/mol. The average molecular weight is 341 g/mol. The van der Waals surface area contributed by atoms with Crippen molar-refractivity contribution in [1.29, 1.82) is 0 Å². The fourth-order valence-electron chi connectivity index (χ4n) is 1.57. The van der Waals surface area contributed by atoms with E-state index in [1.807, 2.05) is 6.07 Å². The molecule has 19 heavy (non-hydrogen) atoms. The molecule has 0 radical (unpaired) electrons. The molecule has 4 nitrogen and oxygen atoms in total. The highest BCUT2D eigenvalue weighted by molar-refractivity contribution is 7.90. The molecule has 1 aromatic carbocycles. The number of halogens is 2. The first kappa shape index (κ1) is 16.7. The predicted molar refractivity (Wildman–Crippen MR) is 83.2 cm³/mol. The number of sulfonamides is 1. The van der Waals surface area contributed by atoms with Crippen LogP contribution in [-0.4, -0.2) is 28.6 Å². The van der Waals surface area contributed by atoms with E-state index in [2.05, 4.69) is 10.0 Å². The summed E-state index contributed by atoms with van der Waals surface area (Å²) in [6, 6.07) is 5.26. The van der Waals surface area contributed by atoms with Gasteiger partial charge in [-0.15, -0.1) is 23.7 Å². The maximum absolute atomic E-state index is 12.1. The minimum absolute atomic E-state index is 0. The van der Waals surface area contributed by atoms with Crippen molar-refractivity contribution in [1.82, 2.24) is 10.0 Å². The minimum Gasteiger partial charge on any atom is -0.318 e. The summed E-state index contributed by atoms with van der Waals surface area (Å²) in [5.74, 6) is 0. The van der Waals surface area contributed by atoms with Gasteiger partial charge in [0.2, 0.25) is 10.0 Å². The lowest BCUT2D eigenvalue weighted by molar-refractivity contribution is 0.581. The number of hydrogen-bond acceptors (Lipinski definition) is 4. The Morgan fingerprint density at radius 2 is 2.05 bits per heavy atom. The molecule has 1 aromatic heterocycles. The molecule has 0 aliphatic rings. The summed E-state index contributed by atoms with van der Waals surface area (Å²) in [4.78, 5) is 0.293. The topological polar surface area (TPSA) is 58.2 Å². The number of nitrogens with one attached hydrogen (secondary N) is 2. The highest BCUT2D eigenvalue weighted by Gasteiger charge is 2.18. The third kappa shape index (κ3) is 3.81. The Hall–Kier alpha value is -0.370. The van der Waals surface area contributed by atoms with Crippen molar-refractivity contribution < 1.29 is 8.42 Å². The molecule has 0 amide bonds. The van der Waals surface area contributed by atoms with Gasteiger partial charge in [-0.3, -0.25) is 0 Å². The van der Waals surface area contributed by atoms with E-state index in [0.717, 1.165) is 4.70 Å². The summed E-state index contributed by atoms with van der Waals surface area (Å²) in [6.45, 7) is 0.943. The number of thiophene rings is 1. The molecule has 0 unspecified atom stereocenters. The van der Waals surface area contributed by atoms with E-state index >= 15 is 0 Å². The molecule has 0 aliphatic heterocycles. The van der Waals surface area contributed by atoms with Gasteiger partial charge in [-0.25, -0.2) is 13.1 Å². The number of fused-ring (bicyclic) bond motifs is 1. The summed E-state index contributed by atoms with van der Waals surface area (Å²) >= 11 is 7.30. The van der Waals surface area contributed by atoms with Crippen LogP contribution in [0.15, 0.2) is 28.5 Å². The maximum atomic E-state index is 12.1. The van der Waals surface area contributed by atoms with Crippen molar-refractivity contribution in [3.05, 3.63) is 28.6 Å². The average Bonchev–Trinajstić information content (AvgIpc) is 2.72. The zero-order valence-electron chi connectivity index (χ0n) is 10.1. The minimum atomic E-state index is -3.47. The number of rotatable bonds is 5. The Kier molecular flexibility index (Phi) is 6.04. The van der Waals surface area contributed by atoms with Gasteiger partial charge in [0.15, 0.2) is 0 Å². The van der Waals surface area contributed by atoms with Gasteiger partial charge in [0.1, 0.15) is 4.90 Å². The predicted octanol–water partition coefficient (Wildman–Crippen LogP) is 2.47. The second kappa shape index (κ2) is 6.88. The van der Waals surface area contributed by atoms with Crippen LogP contribution in [0.25, 0.3) is 10.1 Å². The highest BCUT2D eigenvalue weighted by atomic mass is 35.5. The Morgan fingerprint density at radius 3 is 2.74 bits per heavy atom. The lowest BCUT2D eigenvalue weighted by Crippen LogP contribution is -2.30. The molecule has 2 aromatic rings. The summed E-state index contributed by atoms with van der Waals surface area (Å²) in [7, 11) is -1.70. The Morgan fingerprint density at radius 1 is 1.32 bits per heavy atom. The van der Waals surface area contributed by atoms with Crippen LogP contribution in [0, 0.1) is 0 Å². The van der Waals surface area contributed by atoms with Crippen molar-refractivity contribution in [3.8, 4) is 0 Å². The van der Waals surface area contributed by atoms with Crippen LogP contribution in [0.4, 0.5) is 0 Å². The molecule has 8 heteroatoms. The van der Waals surface area contributed by atoms with Gasteiger partial charge in [0, 0.05) is 33.6 Å². The van der Waals surface area contributed by atoms with Gasteiger partial charge in [0.05, 0.1) is 0 Å². The lowest BCUT2D eigenvalue weighted by atomic mass is 10.3. The Balaban J connectivity index is 0.00000180. The largest absolute Gasteiger partial charge is 0.318 e. The summed E-state index contributed by atoms with van der Waals surface area (Å²) < 4.78 is 27.7. The van der Waals surface area contributed by atoms with Crippen LogP contribution in [0.3, 0.4) is 0 Å². The van der Waals surface area contributed by atoms with Crippen molar-refractivity contribution >= 4 is 55.5 Å². The van der Waals surface area contributed by atoms with Gasteiger partial charge in [0.25, 0.3) is 0 Å². The molecule has 2 N–H and O–H groups in total. The summed E-state index contributed by atoms with van der Waals surface area (Å²) in [5.41, 5.74) is 0. The molecule has 0 atom stereocenters. The second-order valence-corrected chi connectivity index (χ2v) is 6.82. The van der Waals surface area contributed by atoms with Crippen LogP contribution < -0.4 is 10.0 Å². The first-order chi connectivity index (χ1) is 8.54. The van der Waals surface area contributed by atoms with E-state index in [0.29, 0.717) is 28.4 Å². The van der Waals surface area contributed by atoms with Crippen LogP contribution in [0.1, 0.15) is 0 Å². The zero-order valence-corrected chi connectivity index (χ0v) is 13.3. The van der Waals surface area contributed by atoms with E-state index < -0.39 is 10.0 Å². The first-order valence-corrected chi connectivity index (χ1v) is 8.09. The Labute approximate surface area is 127 Å². The third-order valence-corrected chi connectivity index (χ3v) is 5.31. The lowest BCUT2D eigenvalue weighted by Gasteiger charge is -2.05. The normalized spacial score (nSPS) is 11.5. The molecule has 0 bridgehead atoms. The quantitative estimate of drug-likeness (QED) is 0.822. The molecular weight excluding hydrogens is 327 g/mol. The molecule has 0 aliphatic carbocycles. The maximum Gasteiger partial charge on any atom is 0.242 e. The third-order valence-electron chi connectivity index (χ3n) is 2.46. The van der Waals surface area contributed by atoms with Gasteiger partial charge in [-0.2, -0.15) is 0 Å². The van der Waals surface area contributed by atoms with Gasteiger partial charge >= 0.3 is 0 Å². The van der Waals surface area contributed by atoms with E-state index in [4.69, 9.17) is 11.6 Å². The van der Waals surface area contributed by atoms with Crippen molar-refractivity contribution in [3.63, 3.8) is 0 Å². The Bertz CT molecular complexity index is 656. The van der Waals surface area contributed by atoms with Crippen LogP contribution in [-0.2, 0) is 10.0 Å². The summed E-state index contributed by atoms with van der Waals surface area (Å²) in [5, 5.41) is 5.73. The first-order valence-electron chi connectivity index (χ1n) is 5.35. The molecule has 2 rings (SSSR count). The smallest absolute Gasteiger partial charge is 0.242 e. The van der Waals surface area contributed by atoms with Gasteiger partial charge in [-0.05, 0) is 25.2 Å². The molecule has 0 saturated heterocycles. The molecule has 0 saturated carbocycles. The fraction of sp³-hybridized carbons (Fsp3) is 0.273. The molecule has 106 valence electrons. The van der Waals surface area contributed by atoms with Crippen molar-refractivity contribution in [2.24, 2.45) is 0 Å². The number of hydrogen-bond donors (Lipinski definition) is 2. The van der Waals surface area contributed by atoms with E-state index in [1.165, 1.54) is 11.3 Å². The van der Waals surface area contributed by atoms with E-state index in [9.17, 15) is 8.42 Å². The van der Waals surface area contributed by atoms with Gasteiger partial charge < -0.3 is 5.32 Å². The summed E-state index contributed by atoms with van der Waals surface area (Å²) in [6.07, 6.45) is 0.